The number of anilines is 1. The summed E-state index contributed by atoms with van der Waals surface area (Å²) in [5.74, 6) is 6.23. The number of rotatable bonds is 5. The molecule has 0 atom stereocenters. The Kier molecular flexibility index (Phi) is 4.57. The zero-order chi connectivity index (χ0) is 14.6. The van der Waals surface area contributed by atoms with Gasteiger partial charge in [0, 0.05) is 17.6 Å². The molecular weight excluding hydrogens is 250 g/mol. The van der Waals surface area contributed by atoms with Crippen LogP contribution in [0.1, 0.15) is 32.8 Å². The first-order chi connectivity index (χ1) is 9.49. The van der Waals surface area contributed by atoms with E-state index in [1.54, 1.807) is 0 Å². The first-order valence-electron chi connectivity index (χ1n) is 6.93. The second-order valence-electron chi connectivity index (χ2n) is 6.20. The zero-order valence-electron chi connectivity index (χ0n) is 12.4. The molecule has 0 aliphatic carbocycles. The van der Waals surface area contributed by atoms with Crippen molar-refractivity contribution < 1.29 is 4.74 Å². The molecule has 0 spiro atoms. The van der Waals surface area contributed by atoms with Crippen LogP contribution >= 0.6 is 0 Å². The smallest absolute Gasteiger partial charge is 0.146 e. The van der Waals surface area contributed by atoms with Crippen molar-refractivity contribution in [1.29, 1.82) is 0 Å². The summed E-state index contributed by atoms with van der Waals surface area (Å²) >= 11 is 0. The lowest BCUT2D eigenvalue weighted by atomic mass is 9.93. The van der Waals surface area contributed by atoms with E-state index in [-0.39, 0.29) is 5.41 Å². The molecule has 2 aromatic rings. The normalized spacial score (nSPS) is 11.8. The molecule has 108 valence electrons. The number of ether oxygens (including phenoxy) is 1. The molecule has 0 unspecified atom stereocenters. The quantitative estimate of drug-likeness (QED) is 0.497. The summed E-state index contributed by atoms with van der Waals surface area (Å²) < 4.78 is 5.75. The Bertz CT molecular complexity index is 575. The molecule has 0 fully saturated rings. The highest BCUT2D eigenvalue weighted by molar-refractivity contribution is 5.81. The Balaban J connectivity index is 2.08. The number of hydrazine groups is 1. The van der Waals surface area contributed by atoms with E-state index in [1.165, 1.54) is 0 Å². The third kappa shape index (κ3) is 3.92. The van der Waals surface area contributed by atoms with Gasteiger partial charge in [-0.15, -0.1) is 0 Å². The Morgan fingerprint density at radius 3 is 2.70 bits per heavy atom. The summed E-state index contributed by atoms with van der Waals surface area (Å²) in [7, 11) is 0. The van der Waals surface area contributed by atoms with Crippen molar-refractivity contribution in [1.82, 2.24) is 4.98 Å². The van der Waals surface area contributed by atoms with Crippen LogP contribution < -0.4 is 11.3 Å². The van der Waals surface area contributed by atoms with Gasteiger partial charge < -0.3 is 10.2 Å². The van der Waals surface area contributed by atoms with Gasteiger partial charge in [0.25, 0.3) is 0 Å². The number of hydrogen-bond acceptors (Lipinski definition) is 4. The molecule has 0 radical (unpaired) electrons. The molecule has 4 heteroatoms. The van der Waals surface area contributed by atoms with E-state index >= 15 is 0 Å². The Morgan fingerprint density at radius 1 is 1.25 bits per heavy atom. The fourth-order valence-corrected chi connectivity index (χ4v) is 1.96. The van der Waals surface area contributed by atoms with E-state index in [1.807, 2.05) is 24.3 Å². The molecule has 0 bridgehead atoms. The van der Waals surface area contributed by atoms with Gasteiger partial charge in [0.05, 0.1) is 12.1 Å². The Labute approximate surface area is 120 Å². The number of nitrogens with zero attached hydrogens (tertiary/aromatic N) is 1. The summed E-state index contributed by atoms with van der Waals surface area (Å²) in [6.45, 7) is 7.89. The topological polar surface area (TPSA) is 60.2 Å². The first kappa shape index (κ1) is 14.8. The lowest BCUT2D eigenvalue weighted by Gasteiger charge is -2.18. The van der Waals surface area contributed by atoms with Crippen molar-refractivity contribution in [2.45, 2.75) is 33.8 Å². The fraction of sp³-hybridized carbons (Fsp3) is 0.438. The average Bonchev–Trinajstić information content (AvgIpc) is 2.41. The van der Waals surface area contributed by atoms with Crippen LogP contribution in [0.25, 0.3) is 10.9 Å². The molecule has 2 rings (SSSR count). The van der Waals surface area contributed by atoms with E-state index in [0.29, 0.717) is 12.4 Å². The van der Waals surface area contributed by atoms with Crippen molar-refractivity contribution in [2.75, 3.05) is 12.0 Å². The Hall–Kier alpha value is -1.65. The minimum atomic E-state index is 0.288. The number of hydrogen-bond donors (Lipinski definition) is 2. The first-order valence-corrected chi connectivity index (χ1v) is 6.93. The number of aromatic nitrogens is 1. The summed E-state index contributed by atoms with van der Waals surface area (Å²) in [6, 6.07) is 10.1. The van der Waals surface area contributed by atoms with Crippen LogP contribution in [0.2, 0.25) is 0 Å². The minimum absolute atomic E-state index is 0.288. The highest BCUT2D eigenvalue weighted by Crippen LogP contribution is 2.22. The van der Waals surface area contributed by atoms with Crippen LogP contribution in [0.3, 0.4) is 0 Å². The molecule has 0 saturated carbocycles. The molecular formula is C16H23N3O. The predicted octanol–water partition coefficient (Wildman–Crippen LogP) is 3.47. The van der Waals surface area contributed by atoms with E-state index in [9.17, 15) is 0 Å². The average molecular weight is 273 g/mol. The number of nitrogens with two attached hydrogens (primary N) is 1. The number of benzene rings is 1. The highest BCUT2D eigenvalue weighted by Gasteiger charge is 2.10. The van der Waals surface area contributed by atoms with Gasteiger partial charge >= 0.3 is 0 Å². The van der Waals surface area contributed by atoms with Crippen LogP contribution in [0.4, 0.5) is 5.82 Å². The summed E-state index contributed by atoms with van der Waals surface area (Å²) in [6.07, 6.45) is 1.03. The number of nitrogens with one attached hydrogen (secondary N) is 1. The molecule has 0 saturated heterocycles. The maximum absolute atomic E-state index is 5.75. The molecule has 4 nitrogen and oxygen atoms in total. The van der Waals surface area contributed by atoms with Crippen LogP contribution in [0.15, 0.2) is 30.3 Å². The van der Waals surface area contributed by atoms with Crippen molar-refractivity contribution in [3.63, 3.8) is 0 Å². The van der Waals surface area contributed by atoms with E-state index in [2.05, 4.69) is 37.2 Å². The van der Waals surface area contributed by atoms with Crippen molar-refractivity contribution >= 4 is 16.7 Å². The van der Waals surface area contributed by atoms with Gasteiger partial charge in [0.1, 0.15) is 5.82 Å². The number of nitrogen functional groups attached to an aromatic ring is 1. The lowest BCUT2D eigenvalue weighted by Crippen LogP contribution is -2.13. The molecule has 1 aromatic carbocycles. The SMILES string of the molecule is CC(C)(C)CCOCc1cc2ccccc2nc1NN. The summed E-state index contributed by atoms with van der Waals surface area (Å²) in [5, 5.41) is 1.10. The largest absolute Gasteiger partial charge is 0.377 e. The van der Waals surface area contributed by atoms with Gasteiger partial charge in [-0.25, -0.2) is 10.8 Å². The molecule has 1 heterocycles. The van der Waals surface area contributed by atoms with Crippen molar-refractivity contribution in [3.05, 3.63) is 35.9 Å². The number of pyridine rings is 1. The standard InChI is InChI=1S/C16H23N3O/c1-16(2,3)8-9-20-11-13-10-12-6-4-5-7-14(12)18-15(13)19-17/h4-7,10H,8-9,11,17H2,1-3H3,(H,18,19). The molecule has 3 N–H and O–H groups in total. The van der Waals surface area contributed by atoms with Gasteiger partial charge in [0.2, 0.25) is 0 Å². The van der Waals surface area contributed by atoms with Crippen molar-refractivity contribution in [3.8, 4) is 0 Å². The molecule has 20 heavy (non-hydrogen) atoms. The second kappa shape index (κ2) is 6.20. The van der Waals surface area contributed by atoms with Crippen LogP contribution in [-0.4, -0.2) is 11.6 Å². The van der Waals surface area contributed by atoms with E-state index < -0.39 is 0 Å². The second-order valence-corrected chi connectivity index (χ2v) is 6.20. The summed E-state index contributed by atoms with van der Waals surface area (Å²) in [5.41, 5.74) is 4.86. The van der Waals surface area contributed by atoms with Crippen LogP contribution in [0, 0.1) is 5.41 Å². The van der Waals surface area contributed by atoms with E-state index in [0.717, 1.165) is 29.5 Å². The van der Waals surface area contributed by atoms with E-state index in [4.69, 9.17) is 10.6 Å². The maximum Gasteiger partial charge on any atom is 0.146 e. The maximum atomic E-state index is 5.75. The van der Waals surface area contributed by atoms with Gasteiger partial charge in [-0.05, 0) is 24.0 Å². The van der Waals surface area contributed by atoms with Crippen LogP contribution in [0.5, 0.6) is 0 Å². The number of fused-ring (bicyclic) bond motifs is 1. The fourth-order valence-electron chi connectivity index (χ4n) is 1.96. The summed E-state index contributed by atoms with van der Waals surface area (Å²) in [4.78, 5) is 4.51. The van der Waals surface area contributed by atoms with Crippen LogP contribution in [-0.2, 0) is 11.3 Å². The lowest BCUT2D eigenvalue weighted by molar-refractivity contribution is 0.0965. The van der Waals surface area contributed by atoms with Gasteiger partial charge in [-0.3, -0.25) is 0 Å². The zero-order valence-corrected chi connectivity index (χ0v) is 12.4. The van der Waals surface area contributed by atoms with Gasteiger partial charge in [0.15, 0.2) is 0 Å². The molecule has 0 amide bonds. The van der Waals surface area contributed by atoms with Crippen molar-refractivity contribution in [2.24, 2.45) is 11.3 Å². The molecule has 0 aliphatic heterocycles. The highest BCUT2D eigenvalue weighted by atomic mass is 16.5. The van der Waals surface area contributed by atoms with Gasteiger partial charge in [-0.2, -0.15) is 0 Å². The number of para-hydroxylation sites is 1. The third-order valence-electron chi connectivity index (χ3n) is 3.19. The molecule has 1 aromatic heterocycles. The minimum Gasteiger partial charge on any atom is -0.377 e. The third-order valence-corrected chi connectivity index (χ3v) is 3.19. The molecule has 0 aliphatic rings. The van der Waals surface area contributed by atoms with Gasteiger partial charge in [-0.1, -0.05) is 39.0 Å². The monoisotopic (exact) mass is 273 g/mol. The predicted molar refractivity (Wildman–Crippen MR) is 83.3 cm³/mol. The Morgan fingerprint density at radius 2 is 2.00 bits per heavy atom.